The molecule has 1 fully saturated rings. The van der Waals surface area contributed by atoms with Gasteiger partial charge < -0.3 is 5.11 Å². The standard InChI is InChI=1S/C13H22N2O/c1-3-15-12(7-10(2)14-15)9-13(16)8-11-5-4-6-11/h7,11,13,16H,3-6,8-9H2,1-2H3. The van der Waals surface area contributed by atoms with Crippen LogP contribution in [0.5, 0.6) is 0 Å². The predicted octanol–water partition coefficient (Wildman–Crippen LogP) is 2.31. The molecule has 1 aliphatic carbocycles. The van der Waals surface area contributed by atoms with E-state index in [1.165, 1.54) is 25.0 Å². The molecule has 2 rings (SSSR count). The van der Waals surface area contributed by atoms with Crippen molar-refractivity contribution in [1.29, 1.82) is 0 Å². The van der Waals surface area contributed by atoms with Crippen LogP contribution >= 0.6 is 0 Å². The molecule has 1 aliphatic rings. The van der Waals surface area contributed by atoms with Crippen molar-refractivity contribution >= 4 is 0 Å². The van der Waals surface area contributed by atoms with E-state index in [0.717, 1.165) is 31.0 Å². The molecule has 0 amide bonds. The third-order valence-electron chi connectivity index (χ3n) is 3.56. The van der Waals surface area contributed by atoms with Crippen molar-refractivity contribution in [3.05, 3.63) is 17.5 Å². The van der Waals surface area contributed by atoms with Gasteiger partial charge in [0.25, 0.3) is 0 Å². The van der Waals surface area contributed by atoms with Gasteiger partial charge >= 0.3 is 0 Å². The van der Waals surface area contributed by atoms with Crippen molar-refractivity contribution in [1.82, 2.24) is 9.78 Å². The van der Waals surface area contributed by atoms with E-state index in [2.05, 4.69) is 18.1 Å². The van der Waals surface area contributed by atoms with Gasteiger partial charge in [-0.2, -0.15) is 5.10 Å². The van der Waals surface area contributed by atoms with Gasteiger partial charge in [0, 0.05) is 18.7 Å². The first kappa shape index (κ1) is 11.6. The molecule has 1 N–H and O–H groups in total. The maximum Gasteiger partial charge on any atom is 0.0598 e. The second-order valence-electron chi connectivity index (χ2n) is 4.98. The van der Waals surface area contributed by atoms with Gasteiger partial charge in [0.1, 0.15) is 0 Å². The van der Waals surface area contributed by atoms with Crippen molar-refractivity contribution in [3.63, 3.8) is 0 Å². The van der Waals surface area contributed by atoms with Crippen LogP contribution in [0.3, 0.4) is 0 Å². The molecule has 1 saturated carbocycles. The van der Waals surface area contributed by atoms with Crippen LogP contribution in [0.15, 0.2) is 6.07 Å². The first-order valence-corrected chi connectivity index (χ1v) is 6.40. The first-order chi connectivity index (χ1) is 7.69. The summed E-state index contributed by atoms with van der Waals surface area (Å²) >= 11 is 0. The summed E-state index contributed by atoms with van der Waals surface area (Å²) in [5.41, 5.74) is 2.22. The lowest BCUT2D eigenvalue weighted by atomic mass is 9.81. The number of aryl methyl sites for hydroxylation is 2. The molecule has 0 aliphatic heterocycles. The lowest BCUT2D eigenvalue weighted by Crippen LogP contribution is -2.22. The smallest absolute Gasteiger partial charge is 0.0598 e. The van der Waals surface area contributed by atoms with Gasteiger partial charge in [0.15, 0.2) is 0 Å². The Bertz CT molecular complexity index is 342. The van der Waals surface area contributed by atoms with Crippen molar-refractivity contribution in [2.24, 2.45) is 5.92 Å². The van der Waals surface area contributed by atoms with Gasteiger partial charge in [-0.3, -0.25) is 4.68 Å². The Morgan fingerprint density at radius 2 is 2.31 bits per heavy atom. The Labute approximate surface area is 97.5 Å². The highest BCUT2D eigenvalue weighted by Crippen LogP contribution is 2.31. The highest BCUT2D eigenvalue weighted by atomic mass is 16.3. The lowest BCUT2D eigenvalue weighted by Gasteiger charge is -2.27. The minimum atomic E-state index is -0.188. The zero-order valence-electron chi connectivity index (χ0n) is 10.3. The molecule has 16 heavy (non-hydrogen) atoms. The maximum atomic E-state index is 10.0. The topological polar surface area (TPSA) is 38.0 Å². The minimum Gasteiger partial charge on any atom is -0.393 e. The summed E-state index contributed by atoms with van der Waals surface area (Å²) in [7, 11) is 0. The zero-order chi connectivity index (χ0) is 11.5. The summed E-state index contributed by atoms with van der Waals surface area (Å²) in [6, 6.07) is 2.09. The summed E-state index contributed by atoms with van der Waals surface area (Å²) in [6.45, 7) is 4.99. The monoisotopic (exact) mass is 222 g/mol. The zero-order valence-corrected chi connectivity index (χ0v) is 10.3. The van der Waals surface area contributed by atoms with Crippen LogP contribution in [0.4, 0.5) is 0 Å². The molecule has 0 radical (unpaired) electrons. The predicted molar refractivity (Wildman–Crippen MR) is 64.3 cm³/mol. The molecular weight excluding hydrogens is 200 g/mol. The average Bonchev–Trinajstić information content (AvgIpc) is 2.52. The van der Waals surface area contributed by atoms with Crippen molar-refractivity contribution in [2.75, 3.05) is 0 Å². The summed E-state index contributed by atoms with van der Waals surface area (Å²) in [4.78, 5) is 0. The second kappa shape index (κ2) is 5.00. The molecule has 3 nitrogen and oxygen atoms in total. The van der Waals surface area contributed by atoms with Crippen LogP contribution in [-0.4, -0.2) is 21.0 Å². The van der Waals surface area contributed by atoms with Gasteiger partial charge in [-0.15, -0.1) is 0 Å². The Morgan fingerprint density at radius 3 is 2.88 bits per heavy atom. The summed E-state index contributed by atoms with van der Waals surface area (Å²) in [6.07, 6.45) is 5.50. The molecule has 0 spiro atoms. The van der Waals surface area contributed by atoms with Gasteiger partial charge in [-0.1, -0.05) is 19.3 Å². The number of aliphatic hydroxyl groups is 1. The van der Waals surface area contributed by atoms with E-state index in [1.54, 1.807) is 0 Å². The van der Waals surface area contributed by atoms with Crippen molar-refractivity contribution < 1.29 is 5.11 Å². The van der Waals surface area contributed by atoms with Crippen molar-refractivity contribution in [2.45, 2.75) is 58.6 Å². The van der Waals surface area contributed by atoms with Crippen LogP contribution in [0, 0.1) is 12.8 Å². The number of hydrogen-bond acceptors (Lipinski definition) is 2. The van der Waals surface area contributed by atoms with E-state index in [0.29, 0.717) is 0 Å². The van der Waals surface area contributed by atoms with Crippen LogP contribution in [-0.2, 0) is 13.0 Å². The highest BCUT2D eigenvalue weighted by Gasteiger charge is 2.21. The molecule has 3 heteroatoms. The van der Waals surface area contributed by atoms with Crippen LogP contribution in [0.1, 0.15) is 44.0 Å². The maximum absolute atomic E-state index is 10.0. The van der Waals surface area contributed by atoms with E-state index in [-0.39, 0.29) is 6.10 Å². The first-order valence-electron chi connectivity index (χ1n) is 6.40. The largest absolute Gasteiger partial charge is 0.393 e. The molecule has 0 bridgehead atoms. The van der Waals surface area contributed by atoms with E-state index < -0.39 is 0 Å². The van der Waals surface area contributed by atoms with Gasteiger partial charge in [0.05, 0.1) is 11.8 Å². The normalized spacial score (nSPS) is 18.4. The third-order valence-corrected chi connectivity index (χ3v) is 3.56. The molecule has 1 heterocycles. The van der Waals surface area contributed by atoms with Gasteiger partial charge in [-0.25, -0.2) is 0 Å². The summed E-state index contributed by atoms with van der Waals surface area (Å²) in [5, 5.41) is 14.4. The fourth-order valence-electron chi connectivity index (χ4n) is 2.48. The molecule has 0 aromatic carbocycles. The average molecular weight is 222 g/mol. The highest BCUT2D eigenvalue weighted by molar-refractivity contribution is 5.10. The van der Waals surface area contributed by atoms with Crippen LogP contribution in [0.25, 0.3) is 0 Å². The molecular formula is C13H22N2O. The second-order valence-corrected chi connectivity index (χ2v) is 4.98. The van der Waals surface area contributed by atoms with E-state index in [9.17, 15) is 5.11 Å². The van der Waals surface area contributed by atoms with E-state index in [1.807, 2.05) is 11.6 Å². The quantitative estimate of drug-likeness (QED) is 0.830. The Hall–Kier alpha value is -0.830. The molecule has 1 aromatic heterocycles. The van der Waals surface area contributed by atoms with Gasteiger partial charge in [0.2, 0.25) is 0 Å². The Balaban J connectivity index is 1.90. The molecule has 1 unspecified atom stereocenters. The van der Waals surface area contributed by atoms with E-state index >= 15 is 0 Å². The van der Waals surface area contributed by atoms with E-state index in [4.69, 9.17) is 0 Å². The number of aromatic nitrogens is 2. The van der Waals surface area contributed by atoms with Gasteiger partial charge in [-0.05, 0) is 32.3 Å². The Kier molecular flexibility index (Phi) is 3.64. The Morgan fingerprint density at radius 1 is 1.56 bits per heavy atom. The summed E-state index contributed by atoms with van der Waals surface area (Å²) in [5.74, 6) is 0.772. The third kappa shape index (κ3) is 2.64. The number of hydrogen-bond donors (Lipinski definition) is 1. The molecule has 1 atom stereocenters. The fourth-order valence-corrected chi connectivity index (χ4v) is 2.48. The van der Waals surface area contributed by atoms with Crippen LogP contribution in [0.2, 0.25) is 0 Å². The van der Waals surface area contributed by atoms with Crippen molar-refractivity contribution in [3.8, 4) is 0 Å². The molecule has 1 aromatic rings. The minimum absolute atomic E-state index is 0.188. The number of nitrogens with zero attached hydrogens (tertiary/aromatic N) is 2. The fraction of sp³-hybridized carbons (Fsp3) is 0.769. The summed E-state index contributed by atoms with van der Waals surface area (Å²) < 4.78 is 2.00. The SMILES string of the molecule is CCn1nc(C)cc1CC(O)CC1CCC1. The molecule has 0 saturated heterocycles. The number of aliphatic hydroxyl groups excluding tert-OH is 1. The molecule has 90 valence electrons. The van der Waals surface area contributed by atoms with Crippen LogP contribution < -0.4 is 0 Å². The number of rotatable bonds is 5. The lowest BCUT2D eigenvalue weighted by molar-refractivity contribution is 0.116.